The van der Waals surface area contributed by atoms with Crippen molar-refractivity contribution in [2.75, 3.05) is 5.32 Å². The van der Waals surface area contributed by atoms with Crippen molar-refractivity contribution >= 4 is 27.6 Å². The average Bonchev–Trinajstić information content (AvgIpc) is 3.53. The van der Waals surface area contributed by atoms with Crippen LogP contribution in [-0.4, -0.2) is 51.4 Å². The molecule has 0 bridgehead atoms. The normalized spacial score (nSPS) is 12.7. The quantitative estimate of drug-likeness (QED) is 0.215. The molecule has 1 unspecified atom stereocenters. The third-order valence-electron chi connectivity index (χ3n) is 6.25. The number of nitrogens with one attached hydrogen (secondary N) is 3. The van der Waals surface area contributed by atoms with Gasteiger partial charge in [0.05, 0.1) is 46.4 Å². The summed E-state index contributed by atoms with van der Waals surface area (Å²) in [5, 5.41) is 20.9. The minimum atomic E-state index is -0.777. The Hall–Kier alpha value is -4.77. The molecule has 196 valence electrons. The third-order valence-corrected chi connectivity index (χ3v) is 6.25. The number of nitrogens with zero attached hydrogens (tertiary/aromatic N) is 6. The van der Waals surface area contributed by atoms with Gasteiger partial charge in [0.15, 0.2) is 11.6 Å². The fourth-order valence-electron chi connectivity index (χ4n) is 4.57. The molecule has 0 saturated heterocycles. The van der Waals surface area contributed by atoms with Gasteiger partial charge in [-0.05, 0) is 30.0 Å². The van der Waals surface area contributed by atoms with Gasteiger partial charge in [-0.25, -0.2) is 9.37 Å². The molecule has 39 heavy (non-hydrogen) atoms. The first-order valence-electron chi connectivity index (χ1n) is 12.4. The second kappa shape index (κ2) is 9.52. The Labute approximate surface area is 222 Å². The van der Waals surface area contributed by atoms with Crippen LogP contribution in [0.15, 0.2) is 61.4 Å². The minimum absolute atomic E-state index is 0.0705. The highest BCUT2D eigenvalue weighted by atomic mass is 19.1. The Morgan fingerprint density at radius 3 is 2.64 bits per heavy atom. The van der Waals surface area contributed by atoms with E-state index in [9.17, 15) is 5.11 Å². The Morgan fingerprint density at radius 2 is 1.85 bits per heavy atom. The molecule has 6 aromatic heterocycles. The van der Waals surface area contributed by atoms with Crippen LogP contribution in [0.3, 0.4) is 0 Å². The zero-order valence-corrected chi connectivity index (χ0v) is 21.6. The lowest BCUT2D eigenvalue weighted by Gasteiger charge is -2.23. The van der Waals surface area contributed by atoms with Gasteiger partial charge in [0.1, 0.15) is 23.1 Å². The molecule has 0 aromatic carbocycles. The van der Waals surface area contributed by atoms with E-state index in [0.717, 1.165) is 11.3 Å². The second-order valence-corrected chi connectivity index (χ2v) is 10.6. The molecule has 6 heterocycles. The Kier molecular flexibility index (Phi) is 5.99. The van der Waals surface area contributed by atoms with Crippen LogP contribution in [0.2, 0.25) is 0 Å². The number of halogens is 1. The zero-order chi connectivity index (χ0) is 27.1. The molecule has 0 spiro atoms. The van der Waals surface area contributed by atoms with Crippen molar-refractivity contribution in [1.82, 2.24) is 40.1 Å². The van der Waals surface area contributed by atoms with Crippen LogP contribution in [0.4, 0.5) is 10.1 Å². The molecule has 6 rings (SSSR count). The fraction of sp³-hybridized carbons (Fsp3) is 0.214. The van der Waals surface area contributed by atoms with E-state index in [2.05, 4.69) is 40.4 Å². The van der Waals surface area contributed by atoms with Crippen molar-refractivity contribution in [3.63, 3.8) is 0 Å². The number of aliphatic hydroxyl groups is 1. The van der Waals surface area contributed by atoms with E-state index >= 15 is 4.39 Å². The average molecular weight is 524 g/mol. The summed E-state index contributed by atoms with van der Waals surface area (Å²) in [6.07, 6.45) is 9.47. The van der Waals surface area contributed by atoms with Crippen molar-refractivity contribution in [3.8, 4) is 34.0 Å². The van der Waals surface area contributed by atoms with Crippen molar-refractivity contribution in [2.45, 2.75) is 33.4 Å². The lowest BCUT2D eigenvalue weighted by molar-refractivity contribution is 0.145. The maximum atomic E-state index is 16.1. The summed E-state index contributed by atoms with van der Waals surface area (Å²) in [6, 6.07) is 7.32. The zero-order valence-electron chi connectivity index (χ0n) is 21.6. The van der Waals surface area contributed by atoms with Gasteiger partial charge in [0, 0.05) is 29.7 Å². The van der Waals surface area contributed by atoms with E-state index in [0.29, 0.717) is 45.7 Å². The van der Waals surface area contributed by atoms with Crippen molar-refractivity contribution in [1.29, 1.82) is 0 Å². The van der Waals surface area contributed by atoms with Gasteiger partial charge in [0.25, 0.3) is 0 Å². The van der Waals surface area contributed by atoms with Crippen LogP contribution < -0.4 is 5.32 Å². The summed E-state index contributed by atoms with van der Waals surface area (Å²) in [7, 11) is 0. The van der Waals surface area contributed by atoms with Crippen molar-refractivity contribution in [2.24, 2.45) is 5.41 Å². The van der Waals surface area contributed by atoms with E-state index in [-0.39, 0.29) is 16.5 Å². The first kappa shape index (κ1) is 24.6. The number of anilines is 1. The van der Waals surface area contributed by atoms with Crippen LogP contribution in [0.5, 0.6) is 0 Å². The number of aromatic amines is 2. The van der Waals surface area contributed by atoms with Crippen LogP contribution >= 0.6 is 0 Å². The second-order valence-electron chi connectivity index (χ2n) is 10.6. The molecule has 0 saturated carbocycles. The van der Waals surface area contributed by atoms with E-state index in [1.165, 1.54) is 12.4 Å². The molecule has 0 radical (unpaired) electrons. The highest BCUT2D eigenvalue weighted by Gasteiger charge is 2.22. The molecule has 0 amide bonds. The van der Waals surface area contributed by atoms with Gasteiger partial charge < -0.3 is 15.4 Å². The number of hydrogen-bond donors (Lipinski definition) is 4. The predicted molar refractivity (Wildman–Crippen MR) is 147 cm³/mol. The summed E-state index contributed by atoms with van der Waals surface area (Å²) < 4.78 is 16.1. The number of hydrogen-bond acceptors (Lipinski definition) is 8. The molecule has 10 nitrogen and oxygen atoms in total. The van der Waals surface area contributed by atoms with Gasteiger partial charge in [-0.1, -0.05) is 26.8 Å². The summed E-state index contributed by atoms with van der Waals surface area (Å²) in [5.41, 5.74) is 4.61. The van der Waals surface area contributed by atoms with E-state index in [1.807, 2.05) is 39.0 Å². The molecular weight excluding hydrogens is 497 g/mol. The van der Waals surface area contributed by atoms with Gasteiger partial charge >= 0.3 is 0 Å². The Balaban J connectivity index is 1.40. The maximum absolute atomic E-state index is 16.1. The fourth-order valence-corrected chi connectivity index (χ4v) is 4.57. The van der Waals surface area contributed by atoms with Crippen LogP contribution in [0.25, 0.3) is 56.0 Å². The largest absolute Gasteiger partial charge is 0.374 e. The molecule has 1 atom stereocenters. The molecule has 0 aliphatic heterocycles. The van der Waals surface area contributed by atoms with E-state index in [1.54, 1.807) is 30.9 Å². The summed E-state index contributed by atoms with van der Waals surface area (Å²) in [4.78, 5) is 25.3. The van der Waals surface area contributed by atoms with Gasteiger partial charge in [-0.15, -0.1) is 0 Å². The van der Waals surface area contributed by atoms with Crippen molar-refractivity contribution in [3.05, 3.63) is 67.3 Å². The number of aliphatic hydroxyl groups excluding tert-OH is 1. The SMILES string of the molecule is CC(C)(C)CC(O)Nc1cncc(-c2ncc3[nH]nc(-c4nc5c(-c6ccccn6)cncc5[nH]4)c3c2F)c1. The predicted octanol–water partition coefficient (Wildman–Crippen LogP) is 5.33. The highest BCUT2D eigenvalue weighted by Crippen LogP contribution is 2.34. The van der Waals surface area contributed by atoms with Gasteiger partial charge in [-0.2, -0.15) is 5.10 Å². The van der Waals surface area contributed by atoms with Crippen molar-refractivity contribution < 1.29 is 9.50 Å². The lowest BCUT2D eigenvalue weighted by Crippen LogP contribution is -2.25. The molecular formula is C28H26FN9O. The number of H-pyrrole nitrogens is 2. The topological polar surface area (TPSA) is 141 Å². The first-order valence-corrected chi connectivity index (χ1v) is 12.4. The summed E-state index contributed by atoms with van der Waals surface area (Å²) >= 11 is 0. The molecule has 0 fully saturated rings. The molecule has 4 N–H and O–H groups in total. The number of rotatable bonds is 6. The number of aromatic nitrogens is 8. The van der Waals surface area contributed by atoms with Crippen LogP contribution in [-0.2, 0) is 0 Å². The minimum Gasteiger partial charge on any atom is -0.374 e. The Bertz CT molecular complexity index is 1790. The molecule has 0 aliphatic carbocycles. The van der Waals surface area contributed by atoms with E-state index in [4.69, 9.17) is 4.98 Å². The van der Waals surface area contributed by atoms with E-state index < -0.39 is 12.0 Å². The molecule has 0 aliphatic rings. The lowest BCUT2D eigenvalue weighted by atomic mass is 9.91. The number of imidazole rings is 1. The monoisotopic (exact) mass is 523 g/mol. The summed E-state index contributed by atoms with van der Waals surface area (Å²) in [6.45, 7) is 6.13. The van der Waals surface area contributed by atoms with Crippen LogP contribution in [0, 0.1) is 11.2 Å². The third kappa shape index (κ3) is 4.79. The highest BCUT2D eigenvalue weighted by molar-refractivity contribution is 5.97. The first-order chi connectivity index (χ1) is 18.8. The molecule has 6 aromatic rings. The Morgan fingerprint density at radius 1 is 1.00 bits per heavy atom. The smallest absolute Gasteiger partial charge is 0.161 e. The number of pyridine rings is 4. The van der Waals surface area contributed by atoms with Crippen LogP contribution in [0.1, 0.15) is 27.2 Å². The van der Waals surface area contributed by atoms with Gasteiger partial charge in [-0.3, -0.25) is 25.0 Å². The maximum Gasteiger partial charge on any atom is 0.161 e. The number of fused-ring (bicyclic) bond motifs is 2. The molecule has 11 heteroatoms. The standard InChI is InChI=1S/C28H26FN9O/c1-28(2,3)9-21(39)34-16-8-15(10-30-11-16)24-23(29)22-19(14-33-24)37-38-26(22)27-35-20-13-31-12-17(25(20)36-27)18-6-4-5-7-32-18/h4-8,10-14,21,34,39H,9H2,1-3H3,(H,35,36)(H,37,38). The van der Waals surface area contributed by atoms with Gasteiger partial charge in [0.2, 0.25) is 0 Å². The summed E-state index contributed by atoms with van der Waals surface area (Å²) in [5.74, 6) is -0.176.